The highest BCUT2D eigenvalue weighted by Crippen LogP contribution is 2.24. The number of hydrogen-bond acceptors (Lipinski definition) is 3. The largest absolute Gasteiger partial charge is 0.454 e. The molecule has 0 aliphatic heterocycles. The van der Waals surface area contributed by atoms with Crippen molar-refractivity contribution in [2.45, 2.75) is 25.8 Å². The highest BCUT2D eigenvalue weighted by Gasteiger charge is 2.07. The molecular formula is C22H25FN4O2. The van der Waals surface area contributed by atoms with Gasteiger partial charge in [-0.15, -0.1) is 0 Å². The Hall–Kier alpha value is -3.35. The third-order valence-electron chi connectivity index (χ3n) is 4.35. The van der Waals surface area contributed by atoms with Gasteiger partial charge in [0, 0.05) is 32.0 Å². The van der Waals surface area contributed by atoms with Crippen LogP contribution in [0.1, 0.15) is 18.4 Å². The van der Waals surface area contributed by atoms with Crippen LogP contribution in [-0.4, -0.2) is 28.7 Å². The number of nitrogens with zero attached hydrogens (tertiary/aromatic N) is 2. The van der Waals surface area contributed by atoms with Gasteiger partial charge in [-0.25, -0.2) is 14.2 Å². The van der Waals surface area contributed by atoms with E-state index in [1.807, 2.05) is 29.0 Å². The van der Waals surface area contributed by atoms with E-state index in [1.54, 1.807) is 36.8 Å². The fourth-order valence-electron chi connectivity index (χ4n) is 2.82. The van der Waals surface area contributed by atoms with Gasteiger partial charge in [-0.2, -0.15) is 0 Å². The van der Waals surface area contributed by atoms with Crippen LogP contribution in [0.2, 0.25) is 0 Å². The number of aryl methyl sites for hydroxylation is 1. The molecule has 0 aliphatic rings. The summed E-state index contributed by atoms with van der Waals surface area (Å²) >= 11 is 0. The summed E-state index contributed by atoms with van der Waals surface area (Å²) in [5.41, 5.74) is 0.795. The number of hydrogen-bond donors (Lipinski definition) is 2. The number of unbranched alkanes of at least 4 members (excludes halogenated alkanes) is 1. The van der Waals surface area contributed by atoms with Crippen LogP contribution in [0, 0.1) is 5.82 Å². The first-order valence-corrected chi connectivity index (χ1v) is 9.69. The molecule has 3 rings (SSSR count). The van der Waals surface area contributed by atoms with Gasteiger partial charge >= 0.3 is 6.03 Å². The van der Waals surface area contributed by atoms with E-state index in [9.17, 15) is 9.18 Å². The van der Waals surface area contributed by atoms with Crippen LogP contribution in [0.25, 0.3) is 0 Å². The van der Waals surface area contributed by atoms with Crippen LogP contribution < -0.4 is 15.4 Å². The van der Waals surface area contributed by atoms with Gasteiger partial charge in [0.2, 0.25) is 0 Å². The Morgan fingerprint density at radius 1 is 1.07 bits per heavy atom. The molecule has 2 aromatic carbocycles. The quantitative estimate of drug-likeness (QED) is 0.506. The van der Waals surface area contributed by atoms with Crippen molar-refractivity contribution in [3.8, 4) is 11.5 Å². The number of rotatable bonds is 10. The lowest BCUT2D eigenvalue weighted by molar-refractivity contribution is 0.241. The molecule has 1 heterocycles. The number of carbonyl (C=O) groups excluding carboxylic acids is 1. The van der Waals surface area contributed by atoms with Crippen LogP contribution >= 0.6 is 0 Å². The molecule has 0 unspecified atom stereocenters. The van der Waals surface area contributed by atoms with E-state index in [1.165, 1.54) is 6.07 Å². The molecule has 0 bridgehead atoms. The van der Waals surface area contributed by atoms with E-state index in [2.05, 4.69) is 15.6 Å². The third kappa shape index (κ3) is 6.95. The van der Waals surface area contributed by atoms with Crippen LogP contribution in [0.3, 0.4) is 0 Å². The van der Waals surface area contributed by atoms with Crippen LogP contribution in [0.4, 0.5) is 9.18 Å². The first-order chi connectivity index (χ1) is 14.2. The maximum absolute atomic E-state index is 14.2. The minimum atomic E-state index is -0.423. The average Bonchev–Trinajstić information content (AvgIpc) is 3.24. The zero-order chi connectivity index (χ0) is 20.3. The summed E-state index contributed by atoms with van der Waals surface area (Å²) in [5, 5.41) is 5.62. The van der Waals surface area contributed by atoms with E-state index < -0.39 is 5.82 Å². The summed E-state index contributed by atoms with van der Waals surface area (Å²) in [6, 6.07) is 13.7. The van der Waals surface area contributed by atoms with Crippen molar-refractivity contribution in [2.75, 3.05) is 13.1 Å². The van der Waals surface area contributed by atoms with Crippen LogP contribution in [0.15, 0.2) is 67.3 Å². The lowest BCUT2D eigenvalue weighted by Gasteiger charge is -2.10. The number of imidazole rings is 1. The van der Waals surface area contributed by atoms with Crippen molar-refractivity contribution < 1.29 is 13.9 Å². The molecule has 0 atom stereocenters. The highest BCUT2D eigenvalue weighted by molar-refractivity contribution is 5.73. The lowest BCUT2D eigenvalue weighted by atomic mass is 10.1. The molecule has 6 nitrogen and oxygen atoms in total. The number of halogens is 1. The Morgan fingerprint density at radius 2 is 1.90 bits per heavy atom. The second kappa shape index (κ2) is 10.8. The summed E-state index contributed by atoms with van der Waals surface area (Å²) in [7, 11) is 0. The molecule has 0 saturated carbocycles. The number of carbonyl (C=O) groups is 1. The van der Waals surface area contributed by atoms with Gasteiger partial charge in [0.05, 0.1) is 6.33 Å². The minimum absolute atomic E-state index is 0.182. The summed E-state index contributed by atoms with van der Waals surface area (Å²) < 4.78 is 21.8. The Morgan fingerprint density at radius 3 is 2.66 bits per heavy atom. The Kier molecular flexibility index (Phi) is 7.63. The lowest BCUT2D eigenvalue weighted by Crippen LogP contribution is -2.37. The Labute approximate surface area is 169 Å². The smallest absolute Gasteiger partial charge is 0.314 e. The molecule has 0 fully saturated rings. The number of aromatic nitrogens is 2. The summed E-state index contributed by atoms with van der Waals surface area (Å²) in [6.45, 7) is 1.93. The fourth-order valence-corrected chi connectivity index (χ4v) is 2.82. The SMILES string of the molecule is O=C(NCCCCn1ccnc1)NCCc1ccc(Oc2ccccc2)c(F)c1. The zero-order valence-electron chi connectivity index (χ0n) is 16.2. The molecule has 0 radical (unpaired) electrons. The average molecular weight is 396 g/mol. The monoisotopic (exact) mass is 396 g/mol. The van der Waals surface area contributed by atoms with Crippen molar-refractivity contribution in [1.29, 1.82) is 0 Å². The first kappa shape index (κ1) is 20.4. The van der Waals surface area contributed by atoms with E-state index in [4.69, 9.17) is 4.74 Å². The van der Waals surface area contributed by atoms with Gasteiger partial charge in [-0.05, 0) is 49.1 Å². The molecule has 0 spiro atoms. The van der Waals surface area contributed by atoms with E-state index in [-0.39, 0.29) is 11.8 Å². The normalized spacial score (nSPS) is 10.5. The van der Waals surface area contributed by atoms with Crippen molar-refractivity contribution >= 4 is 6.03 Å². The Balaban J connectivity index is 1.32. The van der Waals surface area contributed by atoms with Crippen LogP contribution in [0.5, 0.6) is 11.5 Å². The molecular weight excluding hydrogens is 371 g/mol. The molecule has 7 heteroatoms. The summed E-state index contributed by atoms with van der Waals surface area (Å²) in [6.07, 6.45) is 7.84. The Bertz CT molecular complexity index is 885. The zero-order valence-corrected chi connectivity index (χ0v) is 16.2. The fraction of sp³-hybridized carbons (Fsp3) is 0.273. The van der Waals surface area contributed by atoms with Gasteiger partial charge < -0.3 is 19.9 Å². The van der Waals surface area contributed by atoms with E-state index in [0.717, 1.165) is 24.9 Å². The van der Waals surface area contributed by atoms with Crippen molar-refractivity contribution in [1.82, 2.24) is 20.2 Å². The van der Waals surface area contributed by atoms with Gasteiger partial charge in [0.15, 0.2) is 11.6 Å². The van der Waals surface area contributed by atoms with Crippen LogP contribution in [-0.2, 0) is 13.0 Å². The number of amides is 2. The summed E-state index contributed by atoms with van der Waals surface area (Å²) in [4.78, 5) is 15.8. The molecule has 152 valence electrons. The number of nitrogens with one attached hydrogen (secondary N) is 2. The number of para-hydroxylation sites is 1. The molecule has 2 amide bonds. The standard InChI is InChI=1S/C22H25FN4O2/c23-20-16-18(8-9-21(20)29-19-6-2-1-3-7-19)10-12-26-22(28)25-11-4-5-14-27-15-13-24-17-27/h1-3,6-9,13,15-17H,4-5,10-12,14H2,(H2,25,26,28). The predicted octanol–water partition coefficient (Wildman–Crippen LogP) is 4.14. The molecule has 3 aromatic rings. The number of urea groups is 1. The highest BCUT2D eigenvalue weighted by atomic mass is 19.1. The molecule has 2 N–H and O–H groups in total. The minimum Gasteiger partial charge on any atom is -0.454 e. The van der Waals surface area contributed by atoms with Crippen molar-refractivity contribution in [3.05, 3.63) is 78.6 Å². The van der Waals surface area contributed by atoms with Gasteiger partial charge in [0.25, 0.3) is 0 Å². The maximum Gasteiger partial charge on any atom is 0.314 e. The maximum atomic E-state index is 14.2. The number of benzene rings is 2. The van der Waals surface area contributed by atoms with Gasteiger partial charge in [-0.3, -0.25) is 0 Å². The van der Waals surface area contributed by atoms with Crippen molar-refractivity contribution in [3.63, 3.8) is 0 Å². The molecule has 29 heavy (non-hydrogen) atoms. The summed E-state index contributed by atoms with van der Waals surface area (Å²) in [5.74, 6) is 0.345. The van der Waals surface area contributed by atoms with Crippen molar-refractivity contribution in [2.24, 2.45) is 0 Å². The molecule has 1 aromatic heterocycles. The second-order valence-electron chi connectivity index (χ2n) is 6.62. The first-order valence-electron chi connectivity index (χ1n) is 9.69. The number of ether oxygens (including phenoxy) is 1. The molecule has 0 saturated heterocycles. The van der Waals surface area contributed by atoms with E-state index >= 15 is 0 Å². The predicted molar refractivity (Wildman–Crippen MR) is 109 cm³/mol. The van der Waals surface area contributed by atoms with E-state index in [0.29, 0.717) is 25.3 Å². The molecule has 0 aliphatic carbocycles. The second-order valence-corrected chi connectivity index (χ2v) is 6.62. The van der Waals surface area contributed by atoms with Gasteiger partial charge in [-0.1, -0.05) is 24.3 Å². The third-order valence-corrected chi connectivity index (χ3v) is 4.35. The topological polar surface area (TPSA) is 68.2 Å². The van der Waals surface area contributed by atoms with Gasteiger partial charge in [0.1, 0.15) is 5.75 Å².